The zero-order valence-corrected chi connectivity index (χ0v) is 10.2. The van der Waals surface area contributed by atoms with Crippen LogP contribution in [0.4, 0.5) is 0 Å². The third-order valence-corrected chi connectivity index (χ3v) is 2.67. The van der Waals surface area contributed by atoms with Crippen LogP contribution in [0.5, 0.6) is 0 Å². The summed E-state index contributed by atoms with van der Waals surface area (Å²) in [5.74, 6) is -1.78. The van der Waals surface area contributed by atoms with Gasteiger partial charge in [0, 0.05) is 13.5 Å². The Kier molecular flexibility index (Phi) is 5.24. The van der Waals surface area contributed by atoms with Crippen molar-refractivity contribution < 1.29 is 19.7 Å². The zero-order valence-electron chi connectivity index (χ0n) is 10.2. The number of methoxy groups -OCH3 is 1. The number of carboxylic acid groups (broad SMARTS) is 1. The summed E-state index contributed by atoms with van der Waals surface area (Å²) in [4.78, 5) is 11.0. The molecule has 0 amide bonds. The SMILES string of the molecule is COC(C)(C)CC(O)C(C(=O)O)C(C)C. The van der Waals surface area contributed by atoms with Crippen LogP contribution >= 0.6 is 0 Å². The Hall–Kier alpha value is -0.610. The van der Waals surface area contributed by atoms with E-state index in [2.05, 4.69) is 0 Å². The monoisotopic (exact) mass is 218 g/mol. The van der Waals surface area contributed by atoms with Crippen LogP contribution in [0.15, 0.2) is 0 Å². The summed E-state index contributed by atoms with van der Waals surface area (Å²) >= 11 is 0. The first-order chi connectivity index (χ1) is 6.71. The molecule has 0 radical (unpaired) electrons. The van der Waals surface area contributed by atoms with Gasteiger partial charge in [-0.1, -0.05) is 13.8 Å². The van der Waals surface area contributed by atoms with Crippen LogP contribution in [-0.4, -0.2) is 35.0 Å². The van der Waals surface area contributed by atoms with Crippen LogP contribution in [0, 0.1) is 11.8 Å². The van der Waals surface area contributed by atoms with Crippen LogP contribution in [0.3, 0.4) is 0 Å². The van der Waals surface area contributed by atoms with Crippen molar-refractivity contribution in [2.24, 2.45) is 11.8 Å². The summed E-state index contributed by atoms with van der Waals surface area (Å²) < 4.78 is 5.17. The lowest BCUT2D eigenvalue weighted by molar-refractivity contribution is -0.149. The van der Waals surface area contributed by atoms with E-state index in [9.17, 15) is 9.90 Å². The molecule has 15 heavy (non-hydrogen) atoms. The molecule has 0 heterocycles. The lowest BCUT2D eigenvalue weighted by Gasteiger charge is -2.30. The van der Waals surface area contributed by atoms with Crippen LogP contribution in [0.2, 0.25) is 0 Å². The van der Waals surface area contributed by atoms with E-state index in [4.69, 9.17) is 9.84 Å². The van der Waals surface area contributed by atoms with Gasteiger partial charge in [0.15, 0.2) is 0 Å². The van der Waals surface area contributed by atoms with Gasteiger partial charge in [-0.3, -0.25) is 4.79 Å². The molecule has 0 fully saturated rings. The maximum atomic E-state index is 11.0. The number of aliphatic hydroxyl groups excluding tert-OH is 1. The van der Waals surface area contributed by atoms with Crippen molar-refractivity contribution in [3.05, 3.63) is 0 Å². The van der Waals surface area contributed by atoms with Crippen molar-refractivity contribution >= 4 is 5.97 Å². The van der Waals surface area contributed by atoms with Crippen molar-refractivity contribution in [3.63, 3.8) is 0 Å². The first-order valence-corrected chi connectivity index (χ1v) is 5.17. The van der Waals surface area contributed by atoms with E-state index in [1.165, 1.54) is 0 Å². The number of carbonyl (C=O) groups is 1. The molecule has 0 aromatic carbocycles. The molecule has 0 saturated heterocycles. The molecule has 4 nitrogen and oxygen atoms in total. The molecule has 2 N–H and O–H groups in total. The Morgan fingerprint density at radius 2 is 1.87 bits per heavy atom. The minimum Gasteiger partial charge on any atom is -0.481 e. The first-order valence-electron chi connectivity index (χ1n) is 5.17. The molecule has 90 valence electrons. The van der Waals surface area contributed by atoms with Gasteiger partial charge in [0.05, 0.1) is 17.6 Å². The molecule has 0 aliphatic rings. The van der Waals surface area contributed by atoms with E-state index >= 15 is 0 Å². The van der Waals surface area contributed by atoms with Crippen LogP contribution in [0.25, 0.3) is 0 Å². The van der Waals surface area contributed by atoms with Gasteiger partial charge in [0.25, 0.3) is 0 Å². The maximum absolute atomic E-state index is 11.0. The minimum absolute atomic E-state index is 0.0924. The van der Waals surface area contributed by atoms with Gasteiger partial charge in [-0.05, 0) is 19.8 Å². The number of aliphatic carboxylic acids is 1. The molecule has 0 aromatic heterocycles. The number of hydrogen-bond acceptors (Lipinski definition) is 3. The standard InChI is InChI=1S/C11H22O4/c1-7(2)9(10(13)14)8(12)6-11(3,4)15-5/h7-9,12H,6H2,1-5H3,(H,13,14). The van der Waals surface area contributed by atoms with Crippen LogP contribution in [0.1, 0.15) is 34.1 Å². The molecule has 0 spiro atoms. The predicted octanol–water partition coefficient (Wildman–Crippen LogP) is 1.52. The molecular formula is C11H22O4. The van der Waals surface area contributed by atoms with Gasteiger partial charge in [-0.25, -0.2) is 0 Å². The molecule has 4 heteroatoms. The van der Waals surface area contributed by atoms with E-state index in [1.54, 1.807) is 21.0 Å². The molecule has 0 bridgehead atoms. The lowest BCUT2D eigenvalue weighted by atomic mass is 9.85. The molecule has 0 aromatic rings. The van der Waals surface area contributed by atoms with Gasteiger partial charge in [-0.2, -0.15) is 0 Å². The maximum Gasteiger partial charge on any atom is 0.309 e. The Bertz CT molecular complexity index is 211. The number of hydrogen-bond donors (Lipinski definition) is 2. The van der Waals surface area contributed by atoms with Crippen LogP contribution in [-0.2, 0) is 9.53 Å². The topological polar surface area (TPSA) is 66.8 Å². The smallest absolute Gasteiger partial charge is 0.309 e. The van der Waals surface area contributed by atoms with Crippen molar-refractivity contribution in [3.8, 4) is 0 Å². The number of carboxylic acids is 1. The highest BCUT2D eigenvalue weighted by Crippen LogP contribution is 2.24. The number of ether oxygens (including phenoxy) is 1. The van der Waals surface area contributed by atoms with E-state index in [-0.39, 0.29) is 5.92 Å². The van der Waals surface area contributed by atoms with E-state index in [0.717, 1.165) is 0 Å². The minimum atomic E-state index is -0.954. The summed E-state index contributed by atoms with van der Waals surface area (Å²) in [6.07, 6.45) is -0.559. The second-order valence-corrected chi connectivity index (χ2v) is 4.84. The van der Waals surface area contributed by atoms with Crippen molar-refractivity contribution in [1.82, 2.24) is 0 Å². The highest BCUT2D eigenvalue weighted by atomic mass is 16.5. The van der Waals surface area contributed by atoms with Gasteiger partial charge < -0.3 is 14.9 Å². The summed E-state index contributed by atoms with van der Waals surface area (Å²) in [5.41, 5.74) is -0.498. The van der Waals surface area contributed by atoms with Crippen molar-refractivity contribution in [2.45, 2.75) is 45.8 Å². The van der Waals surface area contributed by atoms with E-state index in [1.807, 2.05) is 13.8 Å². The number of aliphatic hydroxyl groups is 1. The number of rotatable bonds is 6. The largest absolute Gasteiger partial charge is 0.481 e. The van der Waals surface area contributed by atoms with E-state index < -0.39 is 23.6 Å². The molecule has 0 saturated carbocycles. The highest BCUT2D eigenvalue weighted by molar-refractivity contribution is 5.71. The summed E-state index contributed by atoms with van der Waals surface area (Å²) in [7, 11) is 1.55. The van der Waals surface area contributed by atoms with Crippen molar-refractivity contribution in [2.75, 3.05) is 7.11 Å². The molecule has 0 aliphatic heterocycles. The van der Waals surface area contributed by atoms with Crippen molar-refractivity contribution in [1.29, 1.82) is 0 Å². The molecule has 2 atom stereocenters. The van der Waals surface area contributed by atoms with Crippen LogP contribution < -0.4 is 0 Å². The summed E-state index contributed by atoms with van der Waals surface area (Å²) in [6.45, 7) is 7.24. The third kappa shape index (κ3) is 4.62. The third-order valence-electron chi connectivity index (χ3n) is 2.67. The second kappa shape index (κ2) is 5.47. The average molecular weight is 218 g/mol. The molecule has 2 unspecified atom stereocenters. The average Bonchev–Trinajstić information content (AvgIpc) is 2.01. The highest BCUT2D eigenvalue weighted by Gasteiger charge is 2.33. The first kappa shape index (κ1) is 14.4. The summed E-state index contributed by atoms with van der Waals surface area (Å²) in [6, 6.07) is 0. The fraction of sp³-hybridized carbons (Fsp3) is 0.909. The molecular weight excluding hydrogens is 196 g/mol. The molecule has 0 rings (SSSR count). The van der Waals surface area contributed by atoms with Gasteiger partial charge in [0.1, 0.15) is 0 Å². The summed E-state index contributed by atoms with van der Waals surface area (Å²) in [5, 5.41) is 18.8. The van der Waals surface area contributed by atoms with Gasteiger partial charge in [-0.15, -0.1) is 0 Å². The Balaban J connectivity index is 4.52. The van der Waals surface area contributed by atoms with Gasteiger partial charge in [0.2, 0.25) is 0 Å². The quantitative estimate of drug-likeness (QED) is 0.709. The fourth-order valence-corrected chi connectivity index (χ4v) is 1.61. The zero-order chi connectivity index (χ0) is 12.2. The second-order valence-electron chi connectivity index (χ2n) is 4.84. The molecule has 0 aliphatic carbocycles. The normalized spacial score (nSPS) is 16.5. The van der Waals surface area contributed by atoms with E-state index in [0.29, 0.717) is 6.42 Å². The lowest BCUT2D eigenvalue weighted by Crippen LogP contribution is -2.38. The fourth-order valence-electron chi connectivity index (χ4n) is 1.61. The Morgan fingerprint density at radius 3 is 2.13 bits per heavy atom. The van der Waals surface area contributed by atoms with Gasteiger partial charge >= 0.3 is 5.97 Å². The Morgan fingerprint density at radius 1 is 1.40 bits per heavy atom. The predicted molar refractivity (Wildman–Crippen MR) is 57.7 cm³/mol. The Labute approximate surface area is 91.3 Å².